The number of thiazole rings is 1. The Kier molecular flexibility index (Phi) is 4.39. The summed E-state index contributed by atoms with van der Waals surface area (Å²) >= 11 is 1.50. The van der Waals surface area contributed by atoms with E-state index in [-0.39, 0.29) is 6.04 Å². The van der Waals surface area contributed by atoms with Gasteiger partial charge >= 0.3 is 6.03 Å². The van der Waals surface area contributed by atoms with Gasteiger partial charge in [0.1, 0.15) is 5.01 Å². The van der Waals surface area contributed by atoms with Crippen LogP contribution in [0.4, 0.5) is 4.79 Å². The molecule has 0 spiro atoms. The van der Waals surface area contributed by atoms with E-state index in [0.29, 0.717) is 0 Å². The number of urea groups is 1. The van der Waals surface area contributed by atoms with Gasteiger partial charge in [-0.05, 0) is 13.8 Å². The summed E-state index contributed by atoms with van der Waals surface area (Å²) < 4.78 is 0. The van der Waals surface area contributed by atoms with Gasteiger partial charge in [0.15, 0.2) is 0 Å². The number of nitrogens with zero attached hydrogens (tertiary/aromatic N) is 1. The molecule has 0 saturated heterocycles. The molecule has 0 aliphatic carbocycles. The normalized spacial score (nSPS) is 14.1. The van der Waals surface area contributed by atoms with Crippen LogP contribution in [0.5, 0.6) is 0 Å². The van der Waals surface area contributed by atoms with Crippen molar-refractivity contribution < 1.29 is 9.59 Å². The van der Waals surface area contributed by atoms with E-state index in [9.17, 15) is 9.59 Å². The number of hydrogen-bond donors (Lipinski definition) is 3. The van der Waals surface area contributed by atoms with Gasteiger partial charge in [0, 0.05) is 11.6 Å². The summed E-state index contributed by atoms with van der Waals surface area (Å²) in [5, 5.41) is 7.78. The molecule has 0 aliphatic rings. The molecule has 2 unspecified atom stereocenters. The number of carbonyl (C=O) groups excluding carboxylic acids is 2. The maximum atomic E-state index is 11.4. The van der Waals surface area contributed by atoms with Crippen LogP contribution in [0.3, 0.4) is 0 Å². The first-order chi connectivity index (χ1) is 7.50. The van der Waals surface area contributed by atoms with Crippen molar-refractivity contribution in [1.82, 2.24) is 15.6 Å². The van der Waals surface area contributed by atoms with Crippen LogP contribution in [0.25, 0.3) is 0 Å². The van der Waals surface area contributed by atoms with Gasteiger partial charge in [-0.25, -0.2) is 9.78 Å². The Bertz CT molecular complexity index is 366. The van der Waals surface area contributed by atoms with Gasteiger partial charge in [-0.1, -0.05) is 0 Å². The third kappa shape index (κ3) is 3.59. The number of rotatable bonds is 4. The van der Waals surface area contributed by atoms with Gasteiger partial charge in [0.05, 0.1) is 12.1 Å². The lowest BCUT2D eigenvalue weighted by Crippen LogP contribution is -2.47. The Hall–Kier alpha value is -1.47. The van der Waals surface area contributed by atoms with Gasteiger partial charge in [-0.3, -0.25) is 15.4 Å². The van der Waals surface area contributed by atoms with Crippen molar-refractivity contribution in [3.8, 4) is 0 Å². The second kappa shape index (κ2) is 5.57. The molecule has 4 N–H and O–H groups in total. The number of hydrogen-bond acceptors (Lipinski definition) is 5. The highest BCUT2D eigenvalue weighted by molar-refractivity contribution is 7.09. The molecule has 1 aromatic heterocycles. The third-order valence-electron chi connectivity index (χ3n) is 1.96. The van der Waals surface area contributed by atoms with Crippen molar-refractivity contribution in [3.63, 3.8) is 0 Å². The largest absolute Gasteiger partial charge is 0.351 e. The van der Waals surface area contributed by atoms with Crippen LogP contribution < -0.4 is 16.4 Å². The topological polar surface area (TPSA) is 97.1 Å². The van der Waals surface area contributed by atoms with E-state index < -0.39 is 18.0 Å². The average Bonchev–Trinajstić information content (AvgIpc) is 2.68. The van der Waals surface area contributed by atoms with Crippen LogP contribution in [-0.2, 0) is 4.79 Å². The highest BCUT2D eigenvalue weighted by atomic mass is 32.1. The number of imide groups is 1. The lowest BCUT2D eigenvalue weighted by molar-refractivity contribution is -0.121. The molecule has 16 heavy (non-hydrogen) atoms. The fourth-order valence-corrected chi connectivity index (χ4v) is 1.86. The van der Waals surface area contributed by atoms with Crippen molar-refractivity contribution in [3.05, 3.63) is 16.6 Å². The summed E-state index contributed by atoms with van der Waals surface area (Å²) in [6, 6.07) is -1.40. The highest BCUT2D eigenvalue weighted by Gasteiger charge is 2.18. The molecule has 1 rings (SSSR count). The maximum absolute atomic E-state index is 11.4. The predicted octanol–water partition coefficient (Wildman–Crippen LogP) is 0.377. The zero-order valence-corrected chi connectivity index (χ0v) is 9.88. The summed E-state index contributed by atoms with van der Waals surface area (Å²) in [4.78, 5) is 26.0. The van der Waals surface area contributed by atoms with Gasteiger partial charge in [0.25, 0.3) is 0 Å². The van der Waals surface area contributed by atoms with Gasteiger partial charge < -0.3 is 5.73 Å². The molecular weight excluding hydrogens is 228 g/mol. The first-order valence-corrected chi connectivity index (χ1v) is 5.64. The van der Waals surface area contributed by atoms with Crippen LogP contribution in [0, 0.1) is 0 Å². The first-order valence-electron chi connectivity index (χ1n) is 4.76. The Balaban J connectivity index is 2.48. The lowest BCUT2D eigenvalue weighted by atomic mass is 10.2. The van der Waals surface area contributed by atoms with E-state index in [0.717, 1.165) is 5.01 Å². The number of amides is 3. The maximum Gasteiger partial charge on any atom is 0.318 e. The Morgan fingerprint density at radius 2 is 2.19 bits per heavy atom. The highest BCUT2D eigenvalue weighted by Crippen LogP contribution is 2.15. The summed E-state index contributed by atoms with van der Waals surface area (Å²) in [5.41, 5.74) is 4.85. The number of aromatic nitrogens is 1. The van der Waals surface area contributed by atoms with Crippen LogP contribution >= 0.6 is 11.3 Å². The average molecular weight is 242 g/mol. The van der Waals surface area contributed by atoms with Crippen LogP contribution in [-0.4, -0.2) is 23.0 Å². The second-order valence-corrected chi connectivity index (χ2v) is 4.26. The molecule has 2 atom stereocenters. The Labute approximate surface area is 97.2 Å². The first kappa shape index (κ1) is 12.6. The third-order valence-corrected chi connectivity index (χ3v) is 2.92. The van der Waals surface area contributed by atoms with Crippen LogP contribution in [0.15, 0.2) is 11.6 Å². The SMILES string of the molecule is CC(NC(C)c1nccs1)C(=O)NC(N)=O. The minimum absolute atomic E-state index is 0.0476. The molecule has 0 bridgehead atoms. The summed E-state index contributed by atoms with van der Waals surface area (Å²) in [5.74, 6) is -0.448. The molecule has 3 amide bonds. The number of carbonyl (C=O) groups is 2. The fraction of sp³-hybridized carbons (Fsp3) is 0.444. The number of primary amides is 1. The summed E-state index contributed by atoms with van der Waals surface area (Å²) in [6.07, 6.45) is 1.70. The lowest BCUT2D eigenvalue weighted by Gasteiger charge is -2.16. The van der Waals surface area contributed by atoms with Crippen LogP contribution in [0.2, 0.25) is 0 Å². The molecule has 1 aromatic rings. The van der Waals surface area contributed by atoms with Crippen molar-refractivity contribution in [1.29, 1.82) is 0 Å². The quantitative estimate of drug-likeness (QED) is 0.711. The molecule has 0 aromatic carbocycles. The zero-order chi connectivity index (χ0) is 12.1. The van der Waals surface area contributed by atoms with E-state index in [1.165, 1.54) is 11.3 Å². The molecule has 0 saturated carbocycles. The number of nitrogens with two attached hydrogens (primary N) is 1. The molecule has 1 heterocycles. The summed E-state index contributed by atoms with van der Waals surface area (Å²) in [6.45, 7) is 3.55. The number of nitrogens with one attached hydrogen (secondary N) is 2. The van der Waals surface area contributed by atoms with E-state index in [1.807, 2.05) is 17.6 Å². The smallest absolute Gasteiger partial charge is 0.318 e. The van der Waals surface area contributed by atoms with Crippen LogP contribution in [0.1, 0.15) is 24.9 Å². The van der Waals surface area contributed by atoms with Gasteiger partial charge in [0.2, 0.25) is 5.91 Å². The molecule has 0 fully saturated rings. The minimum atomic E-state index is -0.847. The second-order valence-electron chi connectivity index (χ2n) is 3.33. The molecular formula is C9H14N4O2S. The summed E-state index contributed by atoms with van der Waals surface area (Å²) in [7, 11) is 0. The standard InChI is InChI=1S/C9H14N4O2S/c1-5(7(14)13-9(10)15)12-6(2)8-11-3-4-16-8/h3-6,12H,1-2H3,(H3,10,13,14,15). The van der Waals surface area contributed by atoms with E-state index >= 15 is 0 Å². The van der Waals surface area contributed by atoms with Gasteiger partial charge in [-0.2, -0.15) is 0 Å². The van der Waals surface area contributed by atoms with Crippen molar-refractivity contribution in [2.45, 2.75) is 25.9 Å². The molecule has 88 valence electrons. The predicted molar refractivity (Wildman–Crippen MR) is 60.9 cm³/mol. The molecule has 6 nitrogen and oxygen atoms in total. The van der Waals surface area contributed by atoms with Gasteiger partial charge in [-0.15, -0.1) is 11.3 Å². The Morgan fingerprint density at radius 1 is 1.50 bits per heavy atom. The molecule has 7 heteroatoms. The van der Waals surface area contributed by atoms with Crippen molar-refractivity contribution in [2.75, 3.05) is 0 Å². The van der Waals surface area contributed by atoms with E-state index in [2.05, 4.69) is 10.3 Å². The fourth-order valence-electron chi connectivity index (χ4n) is 1.20. The molecule has 0 radical (unpaired) electrons. The zero-order valence-electron chi connectivity index (χ0n) is 9.06. The van der Waals surface area contributed by atoms with E-state index in [1.54, 1.807) is 13.1 Å². The molecule has 0 aliphatic heterocycles. The van der Waals surface area contributed by atoms with Crippen molar-refractivity contribution in [2.24, 2.45) is 5.73 Å². The Morgan fingerprint density at radius 3 is 2.69 bits per heavy atom. The minimum Gasteiger partial charge on any atom is -0.351 e. The monoisotopic (exact) mass is 242 g/mol. The van der Waals surface area contributed by atoms with E-state index in [4.69, 9.17) is 5.73 Å². The van der Waals surface area contributed by atoms with Crippen molar-refractivity contribution >= 4 is 23.3 Å².